The number of rotatable bonds is 2. The highest BCUT2D eigenvalue weighted by atomic mass is 16.3. The van der Waals surface area contributed by atoms with E-state index in [1.807, 2.05) is 0 Å². The lowest BCUT2D eigenvalue weighted by Gasteiger charge is -2.12. The van der Waals surface area contributed by atoms with Gasteiger partial charge in [-0.3, -0.25) is 4.79 Å². The van der Waals surface area contributed by atoms with Crippen LogP contribution in [0.3, 0.4) is 0 Å². The number of amides is 1. The van der Waals surface area contributed by atoms with Crippen LogP contribution >= 0.6 is 0 Å². The van der Waals surface area contributed by atoms with Crippen molar-refractivity contribution in [2.24, 2.45) is 5.10 Å². The normalized spacial score (nSPS) is 20.5. The Morgan fingerprint density at radius 2 is 2.45 bits per heavy atom. The maximum atomic E-state index is 11.0. The predicted molar refractivity (Wildman–Crippen MR) is 41.1 cm³/mol. The first-order valence-corrected chi connectivity index (χ1v) is 3.62. The molecule has 0 aromatic rings. The molecule has 0 bridgehead atoms. The highest BCUT2D eigenvalue weighted by molar-refractivity contribution is 6.03. The third-order valence-corrected chi connectivity index (χ3v) is 1.42. The van der Waals surface area contributed by atoms with Crippen LogP contribution in [0.4, 0.5) is 0 Å². The second-order valence-electron chi connectivity index (χ2n) is 2.84. The molecule has 11 heavy (non-hydrogen) atoms. The van der Waals surface area contributed by atoms with E-state index >= 15 is 0 Å². The zero-order valence-electron chi connectivity index (χ0n) is 6.74. The van der Waals surface area contributed by atoms with E-state index in [9.17, 15) is 4.79 Å². The topological polar surface area (TPSA) is 52.9 Å². The first kappa shape index (κ1) is 8.20. The van der Waals surface area contributed by atoms with E-state index in [0.717, 1.165) is 5.71 Å². The Morgan fingerprint density at radius 1 is 1.82 bits per heavy atom. The van der Waals surface area contributed by atoms with Crippen molar-refractivity contribution in [3.8, 4) is 0 Å². The fourth-order valence-corrected chi connectivity index (χ4v) is 1.00. The molecule has 0 aromatic heterocycles. The highest BCUT2D eigenvalue weighted by Gasteiger charge is 2.21. The van der Waals surface area contributed by atoms with E-state index in [1.165, 1.54) is 5.01 Å². The summed E-state index contributed by atoms with van der Waals surface area (Å²) in [5.74, 6) is -0.0246. The molecule has 1 heterocycles. The average molecular weight is 156 g/mol. The molecule has 1 aliphatic heterocycles. The van der Waals surface area contributed by atoms with Gasteiger partial charge in [0.1, 0.15) is 0 Å². The fraction of sp³-hybridized carbons (Fsp3) is 0.714. The zero-order valence-corrected chi connectivity index (χ0v) is 6.74. The number of aliphatic hydroxyl groups is 1. The molecule has 1 unspecified atom stereocenters. The Labute approximate surface area is 65.5 Å². The molecule has 1 amide bonds. The molecular weight excluding hydrogens is 144 g/mol. The maximum Gasteiger partial charge on any atom is 0.248 e. The van der Waals surface area contributed by atoms with E-state index in [1.54, 1.807) is 13.8 Å². The molecule has 1 atom stereocenters. The van der Waals surface area contributed by atoms with Crippen LogP contribution in [0.15, 0.2) is 5.10 Å². The van der Waals surface area contributed by atoms with Gasteiger partial charge in [-0.25, -0.2) is 5.01 Å². The van der Waals surface area contributed by atoms with E-state index in [2.05, 4.69) is 5.10 Å². The SMILES string of the molecule is CC1=NN(CC(C)O)C(=O)C1. The summed E-state index contributed by atoms with van der Waals surface area (Å²) >= 11 is 0. The molecule has 0 fully saturated rings. The van der Waals surface area contributed by atoms with E-state index in [4.69, 9.17) is 5.11 Å². The third-order valence-electron chi connectivity index (χ3n) is 1.42. The van der Waals surface area contributed by atoms with Crippen molar-refractivity contribution in [2.45, 2.75) is 26.4 Å². The molecule has 0 saturated heterocycles. The number of β-amino-alcohol motifs (C(OH)–C–C–N with tert-alkyl or cyclic N) is 1. The number of nitrogens with zero attached hydrogens (tertiary/aromatic N) is 2. The number of carbonyl (C=O) groups is 1. The van der Waals surface area contributed by atoms with Crippen molar-refractivity contribution in [2.75, 3.05) is 6.54 Å². The standard InChI is InChI=1S/C7H12N2O2/c1-5-3-7(11)9(8-5)4-6(2)10/h6,10H,3-4H2,1-2H3. The fourth-order valence-electron chi connectivity index (χ4n) is 1.00. The second kappa shape index (κ2) is 3.00. The van der Waals surface area contributed by atoms with Gasteiger partial charge in [0.25, 0.3) is 0 Å². The molecule has 0 radical (unpaired) electrons. The van der Waals surface area contributed by atoms with Gasteiger partial charge >= 0.3 is 0 Å². The summed E-state index contributed by atoms with van der Waals surface area (Å²) in [6.07, 6.45) is -0.110. The van der Waals surface area contributed by atoms with Crippen LogP contribution in [-0.4, -0.2) is 34.4 Å². The Bertz CT molecular complexity index is 199. The largest absolute Gasteiger partial charge is 0.391 e. The lowest BCUT2D eigenvalue weighted by molar-refractivity contribution is -0.129. The molecular formula is C7H12N2O2. The third kappa shape index (κ3) is 2.01. The molecule has 4 heteroatoms. The van der Waals surface area contributed by atoms with Crippen molar-refractivity contribution >= 4 is 11.6 Å². The second-order valence-corrected chi connectivity index (χ2v) is 2.84. The maximum absolute atomic E-state index is 11.0. The molecule has 4 nitrogen and oxygen atoms in total. The lowest BCUT2D eigenvalue weighted by Crippen LogP contribution is -2.28. The van der Waals surface area contributed by atoms with Crippen molar-refractivity contribution in [1.29, 1.82) is 0 Å². The summed E-state index contributed by atoms with van der Waals surface area (Å²) in [5, 5.41) is 14.2. The van der Waals surface area contributed by atoms with Crippen LogP contribution in [0.1, 0.15) is 20.3 Å². The van der Waals surface area contributed by atoms with Crippen LogP contribution in [0.25, 0.3) is 0 Å². The van der Waals surface area contributed by atoms with E-state index in [0.29, 0.717) is 13.0 Å². The number of hydrogen-bond acceptors (Lipinski definition) is 3. The van der Waals surface area contributed by atoms with Gasteiger partial charge in [-0.1, -0.05) is 0 Å². The highest BCUT2D eigenvalue weighted by Crippen LogP contribution is 2.07. The monoisotopic (exact) mass is 156 g/mol. The Kier molecular flexibility index (Phi) is 2.24. The summed E-state index contributed by atoms with van der Waals surface area (Å²) in [6.45, 7) is 3.74. The summed E-state index contributed by atoms with van der Waals surface area (Å²) in [4.78, 5) is 11.0. The molecule has 1 N–H and O–H groups in total. The molecule has 1 rings (SSSR count). The van der Waals surface area contributed by atoms with Crippen molar-refractivity contribution in [1.82, 2.24) is 5.01 Å². The van der Waals surface area contributed by atoms with Crippen LogP contribution in [0.2, 0.25) is 0 Å². The van der Waals surface area contributed by atoms with Gasteiger partial charge in [-0.2, -0.15) is 5.10 Å². The Morgan fingerprint density at radius 3 is 2.82 bits per heavy atom. The van der Waals surface area contributed by atoms with Gasteiger partial charge in [0.15, 0.2) is 0 Å². The van der Waals surface area contributed by atoms with Gasteiger partial charge < -0.3 is 5.11 Å². The molecule has 1 aliphatic rings. The Balaban J connectivity index is 2.52. The zero-order chi connectivity index (χ0) is 8.43. The van der Waals surface area contributed by atoms with E-state index in [-0.39, 0.29) is 5.91 Å². The summed E-state index contributed by atoms with van der Waals surface area (Å²) in [6, 6.07) is 0. The minimum atomic E-state index is -0.506. The van der Waals surface area contributed by atoms with Gasteiger partial charge in [0.05, 0.1) is 19.1 Å². The number of aliphatic hydroxyl groups excluding tert-OH is 1. The minimum Gasteiger partial charge on any atom is -0.391 e. The molecule has 0 spiro atoms. The molecule has 62 valence electrons. The first-order chi connectivity index (χ1) is 5.09. The van der Waals surface area contributed by atoms with Crippen LogP contribution in [0, 0.1) is 0 Å². The predicted octanol–water partition coefficient (Wildman–Crippen LogP) is -0.0246. The lowest BCUT2D eigenvalue weighted by atomic mass is 10.3. The molecule has 0 aliphatic carbocycles. The Hall–Kier alpha value is -0.900. The van der Waals surface area contributed by atoms with Gasteiger partial charge in [0, 0.05) is 5.71 Å². The number of hydrazone groups is 1. The first-order valence-electron chi connectivity index (χ1n) is 3.62. The average Bonchev–Trinajstić information content (AvgIpc) is 2.09. The van der Waals surface area contributed by atoms with Crippen molar-refractivity contribution in [3.05, 3.63) is 0 Å². The number of carbonyl (C=O) groups excluding carboxylic acids is 1. The minimum absolute atomic E-state index is 0.0246. The van der Waals surface area contributed by atoms with Crippen LogP contribution < -0.4 is 0 Å². The summed E-state index contributed by atoms with van der Waals surface area (Å²) in [5.41, 5.74) is 0.815. The van der Waals surface area contributed by atoms with Gasteiger partial charge in [0.2, 0.25) is 5.91 Å². The van der Waals surface area contributed by atoms with Crippen LogP contribution in [-0.2, 0) is 4.79 Å². The van der Waals surface area contributed by atoms with Crippen molar-refractivity contribution in [3.63, 3.8) is 0 Å². The van der Waals surface area contributed by atoms with Crippen molar-refractivity contribution < 1.29 is 9.90 Å². The quantitative estimate of drug-likeness (QED) is 0.610. The van der Waals surface area contributed by atoms with Gasteiger partial charge in [-0.05, 0) is 13.8 Å². The summed E-state index contributed by atoms with van der Waals surface area (Å²) < 4.78 is 0. The van der Waals surface area contributed by atoms with E-state index < -0.39 is 6.10 Å². The summed E-state index contributed by atoms with van der Waals surface area (Å²) in [7, 11) is 0. The molecule has 0 aromatic carbocycles. The van der Waals surface area contributed by atoms with Crippen LogP contribution in [0.5, 0.6) is 0 Å². The molecule has 0 saturated carbocycles. The van der Waals surface area contributed by atoms with Gasteiger partial charge in [-0.15, -0.1) is 0 Å². The smallest absolute Gasteiger partial charge is 0.248 e. The number of hydrogen-bond donors (Lipinski definition) is 1.